The Morgan fingerprint density at radius 2 is 1.73 bits per heavy atom. The zero-order valence-electron chi connectivity index (χ0n) is 17.1. The number of ether oxygens (including phenoxy) is 1. The van der Waals surface area contributed by atoms with Crippen LogP contribution < -0.4 is 20.7 Å². The predicted octanol–water partition coefficient (Wildman–Crippen LogP) is 4.39. The smallest absolute Gasteiger partial charge is 0.319 e. The minimum absolute atomic E-state index is 0.131. The molecule has 0 radical (unpaired) electrons. The summed E-state index contributed by atoms with van der Waals surface area (Å²) in [5.41, 5.74) is 1.55. The summed E-state index contributed by atoms with van der Waals surface area (Å²) in [6.45, 7) is 0.217. The van der Waals surface area contributed by atoms with Gasteiger partial charge in [-0.05, 0) is 60.7 Å². The van der Waals surface area contributed by atoms with E-state index in [1.165, 1.54) is 12.1 Å². The van der Waals surface area contributed by atoms with Crippen molar-refractivity contribution in [2.45, 2.75) is 38.1 Å². The van der Waals surface area contributed by atoms with E-state index in [4.69, 9.17) is 4.74 Å². The van der Waals surface area contributed by atoms with Gasteiger partial charge in [0.1, 0.15) is 11.6 Å². The Kier molecular flexibility index (Phi) is 7.65. The molecule has 0 saturated heterocycles. The fraction of sp³-hybridized carbons (Fsp3) is 0.391. The summed E-state index contributed by atoms with van der Waals surface area (Å²) in [5, 5.41) is 8.48. The van der Waals surface area contributed by atoms with Crippen LogP contribution >= 0.6 is 0 Å². The van der Waals surface area contributed by atoms with E-state index in [0.29, 0.717) is 17.4 Å². The topological polar surface area (TPSA) is 79.5 Å². The van der Waals surface area contributed by atoms with E-state index in [1.54, 1.807) is 43.5 Å². The zero-order valence-corrected chi connectivity index (χ0v) is 17.1. The van der Waals surface area contributed by atoms with Gasteiger partial charge in [0.15, 0.2) is 0 Å². The molecule has 160 valence electrons. The van der Waals surface area contributed by atoms with Gasteiger partial charge in [0.25, 0.3) is 0 Å². The molecule has 3 N–H and O–H groups in total. The van der Waals surface area contributed by atoms with E-state index in [-0.39, 0.29) is 36.8 Å². The summed E-state index contributed by atoms with van der Waals surface area (Å²) in [4.78, 5) is 24.5. The number of halogens is 1. The molecule has 1 aliphatic rings. The van der Waals surface area contributed by atoms with Crippen LogP contribution in [0.3, 0.4) is 0 Å². The van der Waals surface area contributed by atoms with Crippen LogP contribution in [0.4, 0.5) is 14.9 Å². The van der Waals surface area contributed by atoms with Crippen LogP contribution in [-0.4, -0.2) is 25.6 Å². The van der Waals surface area contributed by atoms with Crippen LogP contribution in [0.2, 0.25) is 0 Å². The standard InChI is InChI=1S/C23H28FN3O3/c1-30-20-12-10-19(11-13-20)26-23(29)25-15-14-21(28)27-22(16-4-2-3-5-16)17-6-8-18(24)9-7-17/h6-13,16,22H,2-5,14-15H2,1H3,(H,27,28)(H2,25,26,29). The number of hydrogen-bond donors (Lipinski definition) is 3. The first kappa shape index (κ1) is 21.6. The summed E-state index contributed by atoms with van der Waals surface area (Å²) in [5.74, 6) is 0.629. The van der Waals surface area contributed by atoms with Crippen LogP contribution in [-0.2, 0) is 4.79 Å². The van der Waals surface area contributed by atoms with Gasteiger partial charge in [0, 0.05) is 18.7 Å². The third-order valence-electron chi connectivity index (χ3n) is 5.40. The van der Waals surface area contributed by atoms with Gasteiger partial charge in [-0.2, -0.15) is 0 Å². The SMILES string of the molecule is COc1ccc(NC(=O)NCCC(=O)NC(c2ccc(F)cc2)C2CCCC2)cc1. The van der Waals surface area contributed by atoms with Crippen molar-refractivity contribution in [2.75, 3.05) is 19.0 Å². The number of benzene rings is 2. The average Bonchev–Trinajstić information content (AvgIpc) is 3.28. The van der Waals surface area contributed by atoms with Crippen LogP contribution in [0, 0.1) is 11.7 Å². The molecule has 1 unspecified atom stereocenters. The van der Waals surface area contributed by atoms with Crippen molar-refractivity contribution >= 4 is 17.6 Å². The number of urea groups is 1. The van der Waals surface area contributed by atoms with Crippen molar-refractivity contribution in [3.05, 3.63) is 59.9 Å². The number of anilines is 1. The average molecular weight is 413 g/mol. The molecule has 3 rings (SSSR count). The maximum Gasteiger partial charge on any atom is 0.319 e. The van der Waals surface area contributed by atoms with Crippen LogP contribution in [0.5, 0.6) is 5.75 Å². The molecule has 30 heavy (non-hydrogen) atoms. The molecule has 1 aliphatic carbocycles. The molecule has 6 nitrogen and oxygen atoms in total. The second-order valence-electron chi connectivity index (χ2n) is 7.50. The largest absolute Gasteiger partial charge is 0.497 e. The molecule has 7 heteroatoms. The van der Waals surface area contributed by atoms with Crippen molar-refractivity contribution < 1.29 is 18.7 Å². The molecule has 2 aromatic carbocycles. The fourth-order valence-electron chi connectivity index (χ4n) is 3.82. The second kappa shape index (κ2) is 10.6. The Balaban J connectivity index is 1.47. The Labute approximate surface area is 176 Å². The lowest BCUT2D eigenvalue weighted by atomic mass is 9.91. The third-order valence-corrected chi connectivity index (χ3v) is 5.40. The first-order valence-corrected chi connectivity index (χ1v) is 10.3. The highest BCUT2D eigenvalue weighted by molar-refractivity contribution is 5.89. The van der Waals surface area contributed by atoms with Gasteiger partial charge in [-0.25, -0.2) is 9.18 Å². The molecule has 2 aromatic rings. The van der Waals surface area contributed by atoms with Gasteiger partial charge in [-0.3, -0.25) is 4.79 Å². The van der Waals surface area contributed by atoms with E-state index in [9.17, 15) is 14.0 Å². The minimum Gasteiger partial charge on any atom is -0.497 e. The fourth-order valence-corrected chi connectivity index (χ4v) is 3.82. The number of methoxy groups -OCH3 is 1. The molecule has 0 heterocycles. The van der Waals surface area contributed by atoms with Crippen molar-refractivity contribution in [3.63, 3.8) is 0 Å². The number of carbonyl (C=O) groups is 2. The van der Waals surface area contributed by atoms with Crippen LogP contribution in [0.25, 0.3) is 0 Å². The molecule has 0 aromatic heterocycles. The summed E-state index contributed by atoms with van der Waals surface area (Å²) < 4.78 is 18.4. The molecular weight excluding hydrogens is 385 g/mol. The van der Waals surface area contributed by atoms with Crippen LogP contribution in [0.1, 0.15) is 43.7 Å². The third kappa shape index (κ3) is 6.20. The molecule has 0 aliphatic heterocycles. The summed E-state index contributed by atoms with van der Waals surface area (Å²) in [6.07, 6.45) is 4.55. The Bertz CT molecular complexity index is 834. The second-order valence-corrected chi connectivity index (χ2v) is 7.50. The molecule has 1 saturated carbocycles. The Morgan fingerprint density at radius 1 is 1.07 bits per heavy atom. The molecule has 0 spiro atoms. The van der Waals surface area contributed by atoms with Gasteiger partial charge in [0.2, 0.25) is 5.91 Å². The highest BCUT2D eigenvalue weighted by atomic mass is 19.1. The predicted molar refractivity (Wildman–Crippen MR) is 114 cm³/mol. The first-order chi connectivity index (χ1) is 14.5. The normalized spacial score (nSPS) is 14.7. The van der Waals surface area contributed by atoms with Gasteiger partial charge in [-0.1, -0.05) is 25.0 Å². The highest BCUT2D eigenvalue weighted by Gasteiger charge is 2.27. The quantitative estimate of drug-likeness (QED) is 0.600. The van der Waals surface area contributed by atoms with Gasteiger partial charge in [0.05, 0.1) is 13.2 Å². The van der Waals surface area contributed by atoms with Gasteiger partial charge < -0.3 is 20.7 Å². The molecule has 3 amide bonds. The van der Waals surface area contributed by atoms with E-state index in [2.05, 4.69) is 16.0 Å². The first-order valence-electron chi connectivity index (χ1n) is 10.3. The summed E-state index contributed by atoms with van der Waals surface area (Å²) in [6, 6.07) is 12.8. The van der Waals surface area contributed by atoms with E-state index in [1.807, 2.05) is 0 Å². The van der Waals surface area contributed by atoms with Gasteiger partial charge >= 0.3 is 6.03 Å². The highest BCUT2D eigenvalue weighted by Crippen LogP contribution is 2.35. The molecule has 1 fully saturated rings. The Hall–Kier alpha value is -3.09. The number of amides is 3. The maximum absolute atomic E-state index is 13.3. The molecule has 0 bridgehead atoms. The summed E-state index contributed by atoms with van der Waals surface area (Å²) >= 11 is 0. The number of rotatable bonds is 8. The number of hydrogen-bond acceptors (Lipinski definition) is 3. The lowest BCUT2D eigenvalue weighted by Crippen LogP contribution is -2.36. The van der Waals surface area contributed by atoms with Crippen molar-refractivity contribution in [1.82, 2.24) is 10.6 Å². The lowest BCUT2D eigenvalue weighted by molar-refractivity contribution is -0.122. The lowest BCUT2D eigenvalue weighted by Gasteiger charge is -2.25. The molecular formula is C23H28FN3O3. The monoisotopic (exact) mass is 413 g/mol. The zero-order chi connectivity index (χ0) is 21.3. The summed E-state index contributed by atoms with van der Waals surface area (Å²) in [7, 11) is 1.58. The molecule has 1 atom stereocenters. The Morgan fingerprint density at radius 3 is 2.37 bits per heavy atom. The van der Waals surface area contributed by atoms with Crippen molar-refractivity contribution in [1.29, 1.82) is 0 Å². The number of carbonyl (C=O) groups excluding carboxylic acids is 2. The minimum atomic E-state index is -0.376. The van der Waals surface area contributed by atoms with Gasteiger partial charge in [-0.15, -0.1) is 0 Å². The van der Waals surface area contributed by atoms with E-state index in [0.717, 1.165) is 31.2 Å². The van der Waals surface area contributed by atoms with Crippen molar-refractivity contribution in [3.8, 4) is 5.75 Å². The maximum atomic E-state index is 13.3. The van der Waals surface area contributed by atoms with Crippen LogP contribution in [0.15, 0.2) is 48.5 Å². The van der Waals surface area contributed by atoms with E-state index >= 15 is 0 Å². The van der Waals surface area contributed by atoms with E-state index < -0.39 is 0 Å². The van der Waals surface area contributed by atoms with Crippen molar-refractivity contribution in [2.24, 2.45) is 5.92 Å². The number of nitrogens with one attached hydrogen (secondary N) is 3.